The summed E-state index contributed by atoms with van der Waals surface area (Å²) < 4.78 is 0. The highest BCUT2D eigenvalue weighted by Gasteiger charge is 1.96. The lowest BCUT2D eigenvalue weighted by Crippen LogP contribution is -1.84. The van der Waals surface area contributed by atoms with Crippen molar-refractivity contribution < 1.29 is 5.11 Å². The summed E-state index contributed by atoms with van der Waals surface area (Å²) in [5, 5.41) is 9.23. The minimum atomic E-state index is 0.347. The van der Waals surface area contributed by atoms with Gasteiger partial charge < -0.3 is 5.11 Å². The SMILES string of the molecule is C#CCCc1ccc(O)c(C)c1. The molecule has 0 saturated heterocycles. The van der Waals surface area contributed by atoms with Crippen molar-refractivity contribution in [2.24, 2.45) is 0 Å². The number of hydrogen-bond acceptors (Lipinski definition) is 1. The number of benzene rings is 1. The third kappa shape index (κ3) is 2.03. The Bertz CT molecular complexity index is 307. The first kappa shape index (κ1) is 8.67. The van der Waals surface area contributed by atoms with E-state index in [2.05, 4.69) is 5.92 Å². The smallest absolute Gasteiger partial charge is 0.118 e. The molecule has 0 aliphatic heterocycles. The molecule has 0 fully saturated rings. The van der Waals surface area contributed by atoms with E-state index < -0.39 is 0 Å². The van der Waals surface area contributed by atoms with Crippen molar-refractivity contribution in [2.75, 3.05) is 0 Å². The Hall–Kier alpha value is -1.42. The maximum Gasteiger partial charge on any atom is 0.118 e. The van der Waals surface area contributed by atoms with Crippen LogP contribution < -0.4 is 0 Å². The highest BCUT2D eigenvalue weighted by molar-refractivity contribution is 5.35. The molecule has 1 aromatic carbocycles. The third-order valence-electron chi connectivity index (χ3n) is 1.82. The van der Waals surface area contributed by atoms with Gasteiger partial charge in [0, 0.05) is 6.42 Å². The molecule has 12 heavy (non-hydrogen) atoms. The van der Waals surface area contributed by atoms with Gasteiger partial charge in [0.2, 0.25) is 0 Å². The maximum atomic E-state index is 9.23. The van der Waals surface area contributed by atoms with Crippen molar-refractivity contribution >= 4 is 0 Å². The van der Waals surface area contributed by atoms with E-state index in [0.717, 1.165) is 18.4 Å². The molecule has 1 N–H and O–H groups in total. The fraction of sp³-hybridized carbons (Fsp3) is 0.273. The number of aromatic hydroxyl groups is 1. The molecule has 0 spiro atoms. The summed E-state index contributed by atoms with van der Waals surface area (Å²) in [4.78, 5) is 0. The summed E-state index contributed by atoms with van der Waals surface area (Å²) in [6.07, 6.45) is 6.79. The number of rotatable bonds is 2. The van der Waals surface area contributed by atoms with Crippen molar-refractivity contribution in [1.29, 1.82) is 0 Å². The lowest BCUT2D eigenvalue weighted by atomic mass is 10.1. The Kier molecular flexibility index (Phi) is 2.76. The monoisotopic (exact) mass is 160 g/mol. The van der Waals surface area contributed by atoms with Gasteiger partial charge in [-0.05, 0) is 30.5 Å². The molecule has 1 nitrogen and oxygen atoms in total. The summed E-state index contributed by atoms with van der Waals surface area (Å²) in [6.45, 7) is 1.88. The summed E-state index contributed by atoms with van der Waals surface area (Å²) >= 11 is 0. The summed E-state index contributed by atoms with van der Waals surface area (Å²) in [6, 6.07) is 5.58. The molecule has 0 unspecified atom stereocenters. The third-order valence-corrected chi connectivity index (χ3v) is 1.82. The summed E-state index contributed by atoms with van der Waals surface area (Å²) in [5.41, 5.74) is 2.09. The molecule has 0 radical (unpaired) electrons. The molecule has 1 aromatic rings. The molecular weight excluding hydrogens is 148 g/mol. The zero-order valence-electron chi connectivity index (χ0n) is 7.17. The number of phenols is 1. The van der Waals surface area contributed by atoms with Crippen LogP contribution in [0.2, 0.25) is 0 Å². The van der Waals surface area contributed by atoms with E-state index in [9.17, 15) is 5.11 Å². The average molecular weight is 160 g/mol. The number of phenolic OH excluding ortho intramolecular Hbond substituents is 1. The van der Waals surface area contributed by atoms with Gasteiger partial charge in [-0.15, -0.1) is 12.3 Å². The first-order chi connectivity index (χ1) is 5.74. The molecule has 0 aliphatic rings. The molecule has 1 heteroatoms. The van der Waals surface area contributed by atoms with E-state index in [1.165, 1.54) is 5.56 Å². The van der Waals surface area contributed by atoms with Crippen LogP contribution in [-0.4, -0.2) is 5.11 Å². The maximum absolute atomic E-state index is 9.23. The summed E-state index contributed by atoms with van der Waals surface area (Å²) in [7, 11) is 0. The number of aryl methyl sites for hydroxylation is 2. The summed E-state index contributed by atoms with van der Waals surface area (Å²) in [5.74, 6) is 2.93. The fourth-order valence-corrected chi connectivity index (χ4v) is 1.09. The van der Waals surface area contributed by atoms with Crippen LogP contribution in [0.5, 0.6) is 5.75 Å². The Labute approximate surface area is 73.0 Å². The van der Waals surface area contributed by atoms with Gasteiger partial charge in [0.1, 0.15) is 5.75 Å². The molecule has 1 rings (SSSR count). The van der Waals surface area contributed by atoms with Gasteiger partial charge in [-0.3, -0.25) is 0 Å². The van der Waals surface area contributed by atoms with Crippen LogP contribution in [0.25, 0.3) is 0 Å². The molecule has 0 amide bonds. The predicted molar refractivity (Wildman–Crippen MR) is 50.0 cm³/mol. The molecule has 0 heterocycles. The van der Waals surface area contributed by atoms with Crippen LogP contribution >= 0.6 is 0 Å². The number of terminal acetylenes is 1. The van der Waals surface area contributed by atoms with Crippen LogP contribution in [0.4, 0.5) is 0 Å². The normalized spacial score (nSPS) is 9.33. The van der Waals surface area contributed by atoms with Crippen molar-refractivity contribution in [2.45, 2.75) is 19.8 Å². The minimum Gasteiger partial charge on any atom is -0.508 e. The van der Waals surface area contributed by atoms with Gasteiger partial charge in [0.25, 0.3) is 0 Å². The molecule has 0 aromatic heterocycles. The van der Waals surface area contributed by atoms with E-state index in [4.69, 9.17) is 6.42 Å². The highest BCUT2D eigenvalue weighted by atomic mass is 16.3. The van der Waals surface area contributed by atoms with E-state index in [1.54, 1.807) is 6.07 Å². The fourth-order valence-electron chi connectivity index (χ4n) is 1.09. The molecule has 0 saturated carbocycles. The van der Waals surface area contributed by atoms with Gasteiger partial charge in [0.15, 0.2) is 0 Å². The standard InChI is InChI=1S/C11H12O/c1-3-4-5-10-6-7-11(12)9(2)8-10/h1,6-8,12H,4-5H2,2H3. The van der Waals surface area contributed by atoms with Crippen molar-refractivity contribution in [3.8, 4) is 18.1 Å². The van der Waals surface area contributed by atoms with E-state index in [-0.39, 0.29) is 0 Å². The zero-order chi connectivity index (χ0) is 8.97. The lowest BCUT2D eigenvalue weighted by Gasteiger charge is -2.01. The highest BCUT2D eigenvalue weighted by Crippen LogP contribution is 2.17. The second kappa shape index (κ2) is 3.82. The average Bonchev–Trinajstić information content (AvgIpc) is 2.07. The molecular formula is C11H12O. The van der Waals surface area contributed by atoms with Crippen LogP contribution in [0.15, 0.2) is 18.2 Å². The predicted octanol–water partition coefficient (Wildman–Crippen LogP) is 2.27. The van der Waals surface area contributed by atoms with Gasteiger partial charge in [-0.1, -0.05) is 12.1 Å². The quantitative estimate of drug-likeness (QED) is 0.658. The largest absolute Gasteiger partial charge is 0.508 e. The second-order valence-corrected chi connectivity index (χ2v) is 2.82. The van der Waals surface area contributed by atoms with Gasteiger partial charge in [0.05, 0.1) is 0 Å². The van der Waals surface area contributed by atoms with Crippen LogP contribution in [0.3, 0.4) is 0 Å². The van der Waals surface area contributed by atoms with Crippen molar-refractivity contribution in [3.63, 3.8) is 0 Å². The Morgan fingerprint density at radius 3 is 2.83 bits per heavy atom. The molecule has 0 bridgehead atoms. The van der Waals surface area contributed by atoms with Crippen LogP contribution in [-0.2, 0) is 6.42 Å². The van der Waals surface area contributed by atoms with Gasteiger partial charge >= 0.3 is 0 Å². The minimum absolute atomic E-state index is 0.347. The van der Waals surface area contributed by atoms with Crippen LogP contribution in [0, 0.1) is 19.3 Å². The zero-order valence-corrected chi connectivity index (χ0v) is 7.17. The second-order valence-electron chi connectivity index (χ2n) is 2.82. The Morgan fingerprint density at radius 2 is 2.25 bits per heavy atom. The van der Waals surface area contributed by atoms with Gasteiger partial charge in [-0.25, -0.2) is 0 Å². The Morgan fingerprint density at radius 1 is 1.50 bits per heavy atom. The molecule has 0 aliphatic carbocycles. The lowest BCUT2D eigenvalue weighted by molar-refractivity contribution is 0.471. The molecule has 62 valence electrons. The first-order valence-corrected chi connectivity index (χ1v) is 3.96. The van der Waals surface area contributed by atoms with Crippen molar-refractivity contribution in [3.05, 3.63) is 29.3 Å². The molecule has 0 atom stereocenters. The van der Waals surface area contributed by atoms with Gasteiger partial charge in [-0.2, -0.15) is 0 Å². The topological polar surface area (TPSA) is 20.2 Å². The Balaban J connectivity index is 2.77. The van der Waals surface area contributed by atoms with Crippen LogP contribution in [0.1, 0.15) is 17.5 Å². The number of hydrogen-bond donors (Lipinski definition) is 1. The van der Waals surface area contributed by atoms with E-state index in [0.29, 0.717) is 5.75 Å². The first-order valence-electron chi connectivity index (χ1n) is 3.96. The van der Waals surface area contributed by atoms with E-state index in [1.807, 2.05) is 19.1 Å². The van der Waals surface area contributed by atoms with E-state index >= 15 is 0 Å². The van der Waals surface area contributed by atoms with Crippen molar-refractivity contribution in [1.82, 2.24) is 0 Å².